The Morgan fingerprint density at radius 1 is 1.00 bits per heavy atom. The third-order valence-corrected chi connectivity index (χ3v) is 6.58. The molecule has 0 radical (unpaired) electrons. The van der Waals surface area contributed by atoms with Crippen LogP contribution in [0.15, 0.2) is 53.4 Å². The van der Waals surface area contributed by atoms with Gasteiger partial charge in [0.2, 0.25) is 10.0 Å². The van der Waals surface area contributed by atoms with Crippen LogP contribution in [0.4, 0.5) is 4.39 Å². The number of benzene rings is 2. The van der Waals surface area contributed by atoms with Crippen molar-refractivity contribution in [3.63, 3.8) is 0 Å². The van der Waals surface area contributed by atoms with E-state index in [9.17, 15) is 12.8 Å². The van der Waals surface area contributed by atoms with E-state index in [2.05, 4.69) is 0 Å². The van der Waals surface area contributed by atoms with E-state index in [0.29, 0.717) is 23.9 Å². The van der Waals surface area contributed by atoms with E-state index in [4.69, 9.17) is 0 Å². The summed E-state index contributed by atoms with van der Waals surface area (Å²) in [6.07, 6.45) is 2.55. The summed E-state index contributed by atoms with van der Waals surface area (Å²) in [5.74, 6) is 0.220. The number of hydrogen-bond acceptors (Lipinski definition) is 2. The SMILES string of the molecule is Cc1ccc(S(=O)(=O)N2CCC(Cc3ccc(F)cc3)CC2)cc1. The topological polar surface area (TPSA) is 37.4 Å². The van der Waals surface area contributed by atoms with Gasteiger partial charge in [0.05, 0.1) is 4.90 Å². The molecule has 1 aliphatic rings. The highest BCUT2D eigenvalue weighted by molar-refractivity contribution is 7.89. The van der Waals surface area contributed by atoms with Crippen molar-refractivity contribution in [2.24, 2.45) is 5.92 Å². The van der Waals surface area contributed by atoms with Crippen LogP contribution in [-0.4, -0.2) is 25.8 Å². The van der Waals surface area contributed by atoms with Gasteiger partial charge in [-0.25, -0.2) is 12.8 Å². The maximum absolute atomic E-state index is 13.0. The van der Waals surface area contributed by atoms with E-state index >= 15 is 0 Å². The van der Waals surface area contributed by atoms with Gasteiger partial charge in [-0.2, -0.15) is 4.31 Å². The lowest BCUT2D eigenvalue weighted by Gasteiger charge is -2.31. The van der Waals surface area contributed by atoms with Crippen LogP contribution < -0.4 is 0 Å². The van der Waals surface area contributed by atoms with Crippen LogP contribution in [0.1, 0.15) is 24.0 Å². The highest BCUT2D eigenvalue weighted by Crippen LogP contribution is 2.26. The Kier molecular flexibility index (Phi) is 5.01. The molecule has 0 aliphatic carbocycles. The molecule has 3 rings (SSSR count). The lowest BCUT2D eigenvalue weighted by atomic mass is 9.91. The number of halogens is 1. The average Bonchev–Trinajstić information content (AvgIpc) is 2.58. The fourth-order valence-electron chi connectivity index (χ4n) is 3.17. The average molecular weight is 347 g/mol. The third-order valence-electron chi connectivity index (χ3n) is 4.67. The summed E-state index contributed by atoms with van der Waals surface area (Å²) in [6.45, 7) is 3.03. The predicted molar refractivity (Wildman–Crippen MR) is 92.8 cm³/mol. The van der Waals surface area contributed by atoms with Gasteiger partial charge in [-0.15, -0.1) is 0 Å². The van der Waals surface area contributed by atoms with Crippen molar-refractivity contribution in [2.45, 2.75) is 31.1 Å². The summed E-state index contributed by atoms with van der Waals surface area (Å²) >= 11 is 0. The van der Waals surface area contributed by atoms with Crippen LogP contribution in [0.2, 0.25) is 0 Å². The Bertz CT molecular complexity index is 777. The molecule has 2 aromatic carbocycles. The maximum atomic E-state index is 13.0. The van der Waals surface area contributed by atoms with Crippen molar-refractivity contribution in [1.82, 2.24) is 4.31 Å². The minimum atomic E-state index is -3.40. The van der Waals surface area contributed by atoms with Gasteiger partial charge < -0.3 is 0 Å². The highest BCUT2D eigenvalue weighted by Gasteiger charge is 2.29. The first-order valence-corrected chi connectivity index (χ1v) is 9.70. The third kappa shape index (κ3) is 3.84. The van der Waals surface area contributed by atoms with Crippen LogP contribution >= 0.6 is 0 Å². The molecule has 0 bridgehead atoms. The van der Waals surface area contributed by atoms with Gasteiger partial charge in [-0.05, 0) is 61.9 Å². The number of hydrogen-bond donors (Lipinski definition) is 0. The minimum Gasteiger partial charge on any atom is -0.207 e. The smallest absolute Gasteiger partial charge is 0.207 e. The van der Waals surface area contributed by atoms with E-state index < -0.39 is 10.0 Å². The molecule has 1 fully saturated rings. The number of aryl methyl sites for hydroxylation is 1. The monoisotopic (exact) mass is 347 g/mol. The molecule has 0 unspecified atom stereocenters. The largest absolute Gasteiger partial charge is 0.243 e. The van der Waals surface area contributed by atoms with Crippen molar-refractivity contribution in [2.75, 3.05) is 13.1 Å². The second kappa shape index (κ2) is 7.03. The molecular formula is C19H22FNO2S. The highest BCUT2D eigenvalue weighted by atomic mass is 32.2. The van der Waals surface area contributed by atoms with Crippen LogP contribution in [0, 0.1) is 18.7 Å². The summed E-state index contributed by atoms with van der Waals surface area (Å²) in [5.41, 5.74) is 2.16. The molecule has 5 heteroatoms. The lowest BCUT2D eigenvalue weighted by Crippen LogP contribution is -2.38. The summed E-state index contributed by atoms with van der Waals surface area (Å²) in [5, 5.41) is 0. The van der Waals surface area contributed by atoms with E-state index in [0.717, 1.165) is 30.4 Å². The summed E-state index contributed by atoms with van der Waals surface area (Å²) < 4.78 is 39.9. The molecule has 2 aromatic rings. The van der Waals surface area contributed by atoms with Gasteiger partial charge in [-0.3, -0.25) is 0 Å². The van der Waals surface area contributed by atoms with E-state index in [1.54, 1.807) is 16.4 Å². The van der Waals surface area contributed by atoms with Crippen molar-refractivity contribution >= 4 is 10.0 Å². The molecule has 128 valence electrons. The molecule has 0 amide bonds. The van der Waals surface area contributed by atoms with Gasteiger partial charge >= 0.3 is 0 Å². The quantitative estimate of drug-likeness (QED) is 0.844. The Balaban J connectivity index is 1.62. The molecule has 0 spiro atoms. The van der Waals surface area contributed by atoms with Crippen LogP contribution in [0.25, 0.3) is 0 Å². The normalized spacial score (nSPS) is 17.1. The zero-order valence-electron chi connectivity index (χ0n) is 13.8. The molecule has 1 heterocycles. The molecule has 0 saturated carbocycles. The van der Waals surface area contributed by atoms with Gasteiger partial charge in [0.1, 0.15) is 5.82 Å². The molecule has 24 heavy (non-hydrogen) atoms. The molecule has 1 aliphatic heterocycles. The van der Waals surface area contributed by atoms with Crippen molar-refractivity contribution in [3.8, 4) is 0 Å². The summed E-state index contributed by atoms with van der Waals surface area (Å²) in [7, 11) is -3.40. The lowest BCUT2D eigenvalue weighted by molar-refractivity contribution is 0.273. The van der Waals surface area contributed by atoms with E-state index in [-0.39, 0.29) is 5.82 Å². The summed E-state index contributed by atoms with van der Waals surface area (Å²) in [4.78, 5) is 0.366. The standard InChI is InChI=1S/C19H22FNO2S/c1-15-2-8-19(9-3-15)24(22,23)21-12-10-17(11-13-21)14-16-4-6-18(20)7-5-16/h2-9,17H,10-14H2,1H3. The number of nitrogens with zero attached hydrogens (tertiary/aromatic N) is 1. The number of sulfonamides is 1. The Morgan fingerprint density at radius 2 is 1.58 bits per heavy atom. The van der Waals surface area contributed by atoms with Crippen molar-refractivity contribution < 1.29 is 12.8 Å². The first kappa shape index (κ1) is 17.1. The fraction of sp³-hybridized carbons (Fsp3) is 0.368. The molecule has 0 atom stereocenters. The molecule has 0 N–H and O–H groups in total. The Morgan fingerprint density at radius 3 is 2.17 bits per heavy atom. The second-order valence-corrected chi connectivity index (χ2v) is 8.43. The summed E-state index contributed by atoms with van der Waals surface area (Å²) in [6, 6.07) is 13.6. The van der Waals surface area contributed by atoms with Crippen LogP contribution in [0.3, 0.4) is 0 Å². The van der Waals surface area contributed by atoms with Crippen LogP contribution in [0.5, 0.6) is 0 Å². The zero-order chi connectivity index (χ0) is 17.2. The van der Waals surface area contributed by atoms with E-state index in [1.807, 2.05) is 31.2 Å². The first-order valence-electron chi connectivity index (χ1n) is 8.26. The minimum absolute atomic E-state index is 0.224. The first-order chi connectivity index (χ1) is 11.4. The van der Waals surface area contributed by atoms with Gasteiger partial charge in [-0.1, -0.05) is 29.8 Å². The van der Waals surface area contributed by atoms with Gasteiger partial charge in [0.25, 0.3) is 0 Å². The number of piperidine rings is 1. The van der Waals surface area contributed by atoms with Crippen molar-refractivity contribution in [3.05, 3.63) is 65.5 Å². The Labute approximate surface area is 143 Å². The zero-order valence-corrected chi connectivity index (χ0v) is 14.6. The predicted octanol–water partition coefficient (Wildman–Crippen LogP) is 3.78. The van der Waals surface area contributed by atoms with E-state index in [1.165, 1.54) is 12.1 Å². The molecule has 1 saturated heterocycles. The van der Waals surface area contributed by atoms with Gasteiger partial charge in [0, 0.05) is 13.1 Å². The number of rotatable bonds is 4. The maximum Gasteiger partial charge on any atom is 0.243 e. The van der Waals surface area contributed by atoms with Crippen molar-refractivity contribution in [1.29, 1.82) is 0 Å². The second-order valence-electron chi connectivity index (χ2n) is 6.49. The molecule has 3 nitrogen and oxygen atoms in total. The fourth-order valence-corrected chi connectivity index (χ4v) is 4.64. The molecule has 0 aromatic heterocycles. The van der Waals surface area contributed by atoms with Gasteiger partial charge in [0.15, 0.2) is 0 Å². The Hall–Kier alpha value is -1.72. The molecular weight excluding hydrogens is 325 g/mol. The van der Waals surface area contributed by atoms with Crippen LogP contribution in [-0.2, 0) is 16.4 Å².